The van der Waals surface area contributed by atoms with Crippen LogP contribution in [0.5, 0.6) is 0 Å². The number of rotatable bonds is 4. The fourth-order valence-electron chi connectivity index (χ4n) is 1.25. The van der Waals surface area contributed by atoms with Crippen LogP contribution in [0.4, 0.5) is 0 Å². The molecule has 1 aromatic carbocycles. The van der Waals surface area contributed by atoms with Gasteiger partial charge in [0.1, 0.15) is 5.84 Å². The molecular weight excluding hydrogens is 190 g/mol. The topological polar surface area (TPSA) is 93.0 Å². The standard InChI is InChI=1S/C11H13N3O/c1-7(11(14)15)6-8-4-2-3-5-9(8)10(12)13/h2-5H,1,6H2,(H3,12,13)(H2,14,15). The maximum Gasteiger partial charge on any atom is 0.244 e. The zero-order valence-corrected chi connectivity index (χ0v) is 8.29. The first kappa shape index (κ1) is 11.0. The van der Waals surface area contributed by atoms with E-state index in [1.807, 2.05) is 6.07 Å². The summed E-state index contributed by atoms with van der Waals surface area (Å²) in [5.41, 5.74) is 12.2. The van der Waals surface area contributed by atoms with Crippen molar-refractivity contribution >= 4 is 11.7 Å². The van der Waals surface area contributed by atoms with Crippen molar-refractivity contribution in [1.82, 2.24) is 0 Å². The van der Waals surface area contributed by atoms with Crippen molar-refractivity contribution in [2.45, 2.75) is 6.42 Å². The van der Waals surface area contributed by atoms with E-state index in [9.17, 15) is 4.79 Å². The third-order valence-electron chi connectivity index (χ3n) is 2.06. The van der Waals surface area contributed by atoms with Gasteiger partial charge in [0.05, 0.1) is 0 Å². The summed E-state index contributed by atoms with van der Waals surface area (Å²) in [6.45, 7) is 3.56. The molecular formula is C11H13N3O. The summed E-state index contributed by atoms with van der Waals surface area (Å²) in [6, 6.07) is 7.13. The minimum atomic E-state index is -0.534. The van der Waals surface area contributed by atoms with Gasteiger partial charge >= 0.3 is 0 Å². The highest BCUT2D eigenvalue weighted by molar-refractivity contribution is 5.97. The van der Waals surface area contributed by atoms with Crippen molar-refractivity contribution in [2.24, 2.45) is 11.5 Å². The van der Waals surface area contributed by atoms with Crippen molar-refractivity contribution < 1.29 is 4.79 Å². The van der Waals surface area contributed by atoms with E-state index in [4.69, 9.17) is 16.9 Å². The van der Waals surface area contributed by atoms with E-state index in [2.05, 4.69) is 6.58 Å². The summed E-state index contributed by atoms with van der Waals surface area (Å²) in [4.78, 5) is 10.8. The molecule has 0 saturated heterocycles. The predicted molar refractivity (Wildman–Crippen MR) is 59.5 cm³/mol. The van der Waals surface area contributed by atoms with E-state index in [0.29, 0.717) is 17.6 Å². The van der Waals surface area contributed by atoms with Crippen molar-refractivity contribution in [3.63, 3.8) is 0 Å². The van der Waals surface area contributed by atoms with Crippen LogP contribution in [0.25, 0.3) is 0 Å². The van der Waals surface area contributed by atoms with Gasteiger partial charge in [-0.05, 0) is 5.56 Å². The molecule has 4 heteroatoms. The highest BCUT2D eigenvalue weighted by Gasteiger charge is 2.08. The molecule has 1 aromatic rings. The summed E-state index contributed by atoms with van der Waals surface area (Å²) in [5, 5.41) is 7.36. The summed E-state index contributed by atoms with van der Waals surface area (Å²) in [5.74, 6) is -0.559. The van der Waals surface area contributed by atoms with Gasteiger partial charge in [0.15, 0.2) is 0 Å². The van der Waals surface area contributed by atoms with Crippen LogP contribution in [0, 0.1) is 5.41 Å². The van der Waals surface area contributed by atoms with Crippen molar-refractivity contribution in [3.8, 4) is 0 Å². The van der Waals surface area contributed by atoms with Crippen LogP contribution in [-0.4, -0.2) is 11.7 Å². The lowest BCUT2D eigenvalue weighted by Gasteiger charge is -2.07. The normalized spacial score (nSPS) is 9.60. The predicted octanol–water partition coefficient (Wildman–Crippen LogP) is 0.555. The second-order valence-corrected chi connectivity index (χ2v) is 3.22. The molecule has 0 atom stereocenters. The number of nitrogens with two attached hydrogens (primary N) is 2. The molecule has 0 fully saturated rings. The third kappa shape index (κ3) is 2.67. The Labute approximate surface area is 88.1 Å². The molecule has 1 amide bonds. The molecule has 78 valence electrons. The highest BCUT2D eigenvalue weighted by Crippen LogP contribution is 2.12. The second-order valence-electron chi connectivity index (χ2n) is 3.22. The number of nitrogens with one attached hydrogen (secondary N) is 1. The molecule has 4 nitrogen and oxygen atoms in total. The number of benzene rings is 1. The van der Waals surface area contributed by atoms with Gasteiger partial charge in [0, 0.05) is 17.6 Å². The van der Waals surface area contributed by atoms with Crippen molar-refractivity contribution in [2.75, 3.05) is 0 Å². The molecule has 0 heterocycles. The summed E-state index contributed by atoms with van der Waals surface area (Å²) >= 11 is 0. The summed E-state index contributed by atoms with van der Waals surface area (Å²) in [7, 11) is 0. The average molecular weight is 203 g/mol. The summed E-state index contributed by atoms with van der Waals surface area (Å²) < 4.78 is 0. The van der Waals surface area contributed by atoms with E-state index in [-0.39, 0.29) is 5.84 Å². The van der Waals surface area contributed by atoms with Gasteiger partial charge in [0.25, 0.3) is 0 Å². The van der Waals surface area contributed by atoms with Crippen LogP contribution in [0.3, 0.4) is 0 Å². The maximum atomic E-state index is 10.8. The Balaban J connectivity index is 2.99. The Kier molecular flexibility index (Phi) is 3.23. The number of carbonyl (C=O) groups is 1. The fourth-order valence-corrected chi connectivity index (χ4v) is 1.25. The third-order valence-corrected chi connectivity index (χ3v) is 2.06. The Bertz CT molecular complexity index is 424. The van der Waals surface area contributed by atoms with Crippen LogP contribution in [0.1, 0.15) is 11.1 Å². The first-order valence-corrected chi connectivity index (χ1v) is 4.42. The first-order valence-electron chi connectivity index (χ1n) is 4.42. The van der Waals surface area contributed by atoms with E-state index in [0.717, 1.165) is 5.56 Å². The minimum Gasteiger partial charge on any atom is -0.384 e. The fraction of sp³-hybridized carbons (Fsp3) is 0.0909. The van der Waals surface area contributed by atoms with Crippen LogP contribution >= 0.6 is 0 Å². The lowest BCUT2D eigenvalue weighted by atomic mass is 10.00. The summed E-state index contributed by atoms with van der Waals surface area (Å²) in [6.07, 6.45) is 0.324. The molecule has 0 radical (unpaired) electrons. The number of carbonyl (C=O) groups excluding carboxylic acids is 1. The Hall–Kier alpha value is -2.10. The van der Waals surface area contributed by atoms with Crippen molar-refractivity contribution in [1.29, 1.82) is 5.41 Å². The van der Waals surface area contributed by atoms with E-state index < -0.39 is 5.91 Å². The second kappa shape index (κ2) is 4.41. The van der Waals surface area contributed by atoms with Gasteiger partial charge in [-0.2, -0.15) is 0 Å². The Morgan fingerprint density at radius 1 is 1.33 bits per heavy atom. The van der Waals surface area contributed by atoms with Crippen LogP contribution in [0.2, 0.25) is 0 Å². The molecule has 15 heavy (non-hydrogen) atoms. The Morgan fingerprint density at radius 3 is 2.47 bits per heavy atom. The largest absolute Gasteiger partial charge is 0.384 e. The van der Waals surface area contributed by atoms with Crippen molar-refractivity contribution in [3.05, 3.63) is 47.5 Å². The molecule has 0 aliphatic carbocycles. The average Bonchev–Trinajstić information content (AvgIpc) is 2.18. The van der Waals surface area contributed by atoms with Crippen LogP contribution < -0.4 is 11.5 Å². The SMILES string of the molecule is C=C(Cc1ccccc1C(=N)N)C(N)=O. The molecule has 0 spiro atoms. The monoisotopic (exact) mass is 203 g/mol. The molecule has 0 aromatic heterocycles. The minimum absolute atomic E-state index is 0.0251. The lowest BCUT2D eigenvalue weighted by molar-refractivity contribution is -0.114. The van der Waals surface area contributed by atoms with Gasteiger partial charge in [-0.1, -0.05) is 30.8 Å². The molecule has 1 rings (SSSR count). The van der Waals surface area contributed by atoms with Gasteiger partial charge in [0.2, 0.25) is 5.91 Å². The molecule has 0 aliphatic rings. The number of amides is 1. The van der Waals surface area contributed by atoms with E-state index >= 15 is 0 Å². The maximum absolute atomic E-state index is 10.8. The number of primary amides is 1. The highest BCUT2D eigenvalue weighted by atomic mass is 16.1. The first-order chi connectivity index (χ1) is 7.02. The molecule has 0 saturated carbocycles. The zero-order chi connectivity index (χ0) is 11.4. The number of amidine groups is 1. The molecule has 5 N–H and O–H groups in total. The van der Waals surface area contributed by atoms with Gasteiger partial charge in [-0.15, -0.1) is 0 Å². The van der Waals surface area contributed by atoms with Gasteiger partial charge in [-0.3, -0.25) is 10.2 Å². The van der Waals surface area contributed by atoms with Gasteiger partial charge in [-0.25, -0.2) is 0 Å². The smallest absolute Gasteiger partial charge is 0.244 e. The Morgan fingerprint density at radius 2 is 1.93 bits per heavy atom. The molecule has 0 bridgehead atoms. The lowest BCUT2D eigenvalue weighted by Crippen LogP contribution is -2.18. The van der Waals surface area contributed by atoms with Crippen LogP contribution in [-0.2, 0) is 11.2 Å². The van der Waals surface area contributed by atoms with Gasteiger partial charge < -0.3 is 11.5 Å². The van der Waals surface area contributed by atoms with E-state index in [1.165, 1.54) is 0 Å². The number of hydrogen-bond donors (Lipinski definition) is 3. The van der Waals surface area contributed by atoms with E-state index in [1.54, 1.807) is 18.2 Å². The molecule has 0 aliphatic heterocycles. The number of nitrogen functional groups attached to an aromatic ring is 1. The van der Waals surface area contributed by atoms with Crippen LogP contribution in [0.15, 0.2) is 36.4 Å². The molecule has 0 unspecified atom stereocenters. The zero-order valence-electron chi connectivity index (χ0n) is 8.29. The quantitative estimate of drug-likeness (QED) is 0.379. The number of hydrogen-bond acceptors (Lipinski definition) is 2.